The van der Waals surface area contributed by atoms with E-state index >= 15 is 0 Å². The van der Waals surface area contributed by atoms with Crippen LogP contribution in [0.1, 0.15) is 30.4 Å². The van der Waals surface area contributed by atoms with Crippen molar-refractivity contribution in [1.82, 2.24) is 15.5 Å². The Hall–Kier alpha value is -2.08. The number of urea groups is 1. The zero-order valence-corrected chi connectivity index (χ0v) is 12.4. The van der Waals surface area contributed by atoms with Crippen molar-refractivity contribution in [3.8, 4) is 0 Å². The molecule has 6 heteroatoms. The molecule has 0 aromatic heterocycles. The summed E-state index contributed by atoms with van der Waals surface area (Å²) in [5.74, 6) is 0.0540. The summed E-state index contributed by atoms with van der Waals surface area (Å²) in [4.78, 5) is 26.0. The highest BCUT2D eigenvalue weighted by Crippen LogP contribution is 2.26. The van der Waals surface area contributed by atoms with Gasteiger partial charge in [0, 0.05) is 37.8 Å². The summed E-state index contributed by atoms with van der Waals surface area (Å²) in [7, 11) is 0. The van der Waals surface area contributed by atoms with Crippen LogP contribution in [0.15, 0.2) is 18.2 Å². The third kappa shape index (κ3) is 2.33. The van der Waals surface area contributed by atoms with Gasteiger partial charge in [0.05, 0.1) is 6.04 Å². The molecule has 22 heavy (non-hydrogen) atoms. The molecule has 2 saturated heterocycles. The van der Waals surface area contributed by atoms with Crippen molar-refractivity contribution in [2.24, 2.45) is 0 Å². The number of nitrogens with zero attached hydrogens (tertiary/aromatic N) is 1. The van der Waals surface area contributed by atoms with Crippen molar-refractivity contribution in [2.45, 2.75) is 44.4 Å². The maximum Gasteiger partial charge on any atom is 0.322 e. The number of rotatable bonds is 1. The Bertz CT molecular complexity index is 631. The fraction of sp³-hybridized carbons (Fsp3) is 0.500. The van der Waals surface area contributed by atoms with Crippen LogP contribution in [0.2, 0.25) is 0 Å². The second kappa shape index (κ2) is 5.28. The van der Waals surface area contributed by atoms with Crippen LogP contribution < -0.4 is 16.0 Å². The normalized spacial score (nSPS) is 26.4. The van der Waals surface area contributed by atoms with E-state index in [1.807, 2.05) is 17.0 Å². The van der Waals surface area contributed by atoms with Gasteiger partial charge in [-0.2, -0.15) is 0 Å². The molecule has 0 saturated carbocycles. The molecule has 2 fully saturated rings. The van der Waals surface area contributed by atoms with Gasteiger partial charge in [-0.3, -0.25) is 4.79 Å². The van der Waals surface area contributed by atoms with E-state index in [9.17, 15) is 9.59 Å². The summed E-state index contributed by atoms with van der Waals surface area (Å²) in [5.41, 5.74) is 3.36. The molecule has 3 heterocycles. The van der Waals surface area contributed by atoms with Crippen molar-refractivity contribution in [3.05, 3.63) is 29.3 Å². The summed E-state index contributed by atoms with van der Waals surface area (Å²) < 4.78 is 0. The highest BCUT2D eigenvalue weighted by atomic mass is 16.2. The van der Waals surface area contributed by atoms with Crippen LogP contribution in [-0.2, 0) is 17.9 Å². The third-order valence-electron chi connectivity index (χ3n) is 4.87. The molecule has 1 aromatic carbocycles. The molecule has 116 valence electrons. The van der Waals surface area contributed by atoms with Crippen LogP contribution in [0.3, 0.4) is 0 Å². The lowest BCUT2D eigenvalue weighted by molar-refractivity contribution is -0.119. The number of anilines is 1. The summed E-state index contributed by atoms with van der Waals surface area (Å²) in [6.45, 7) is 2.47. The number of benzene rings is 1. The van der Waals surface area contributed by atoms with Gasteiger partial charge in [0.1, 0.15) is 0 Å². The number of nitrogens with one attached hydrogen (secondary N) is 3. The Morgan fingerprint density at radius 1 is 1.27 bits per heavy atom. The van der Waals surface area contributed by atoms with Crippen molar-refractivity contribution in [1.29, 1.82) is 0 Å². The van der Waals surface area contributed by atoms with Crippen LogP contribution >= 0.6 is 0 Å². The molecule has 0 bridgehead atoms. The van der Waals surface area contributed by atoms with Gasteiger partial charge in [-0.15, -0.1) is 0 Å². The molecule has 3 aliphatic heterocycles. The lowest BCUT2D eigenvalue weighted by atomic mass is 9.98. The molecule has 3 N–H and O–H groups in total. The first kappa shape index (κ1) is 13.6. The first-order valence-corrected chi connectivity index (χ1v) is 7.90. The lowest BCUT2D eigenvalue weighted by Gasteiger charge is -2.36. The average molecular weight is 300 g/mol. The van der Waals surface area contributed by atoms with E-state index in [0.29, 0.717) is 13.0 Å². The van der Waals surface area contributed by atoms with Crippen molar-refractivity contribution < 1.29 is 9.59 Å². The third-order valence-corrected chi connectivity index (χ3v) is 4.87. The number of amides is 3. The number of carbonyl (C=O) groups is 2. The monoisotopic (exact) mass is 300 g/mol. The van der Waals surface area contributed by atoms with Gasteiger partial charge in [0.2, 0.25) is 5.91 Å². The number of hydrogen-bond donors (Lipinski definition) is 3. The minimum absolute atomic E-state index is 0.00246. The lowest BCUT2D eigenvalue weighted by Crippen LogP contribution is -2.52. The van der Waals surface area contributed by atoms with Crippen LogP contribution in [0.25, 0.3) is 0 Å². The molecule has 4 rings (SSSR count). The van der Waals surface area contributed by atoms with E-state index in [1.54, 1.807) is 0 Å². The van der Waals surface area contributed by atoms with E-state index in [1.165, 1.54) is 11.1 Å². The van der Waals surface area contributed by atoms with Gasteiger partial charge in [0.25, 0.3) is 0 Å². The maximum absolute atomic E-state index is 12.6. The predicted octanol–water partition coefficient (Wildman–Crippen LogP) is 1.17. The quantitative estimate of drug-likeness (QED) is 0.729. The molecule has 2 atom stereocenters. The van der Waals surface area contributed by atoms with Gasteiger partial charge in [-0.1, -0.05) is 6.07 Å². The molecule has 0 spiro atoms. The zero-order chi connectivity index (χ0) is 15.1. The molecule has 0 radical (unpaired) electrons. The summed E-state index contributed by atoms with van der Waals surface area (Å²) in [6.07, 6.45) is 2.32. The molecule has 6 nitrogen and oxygen atoms in total. The molecule has 1 aromatic rings. The number of hydrogen-bond acceptors (Lipinski definition) is 3. The Kier molecular flexibility index (Phi) is 3.26. The van der Waals surface area contributed by atoms with Crippen LogP contribution in [0.5, 0.6) is 0 Å². The summed E-state index contributed by atoms with van der Waals surface area (Å²) in [6, 6.07) is 6.06. The van der Waals surface area contributed by atoms with Crippen molar-refractivity contribution >= 4 is 17.6 Å². The van der Waals surface area contributed by atoms with Crippen LogP contribution in [0.4, 0.5) is 10.5 Å². The minimum Gasteiger partial charge on any atom is -0.351 e. The van der Waals surface area contributed by atoms with Gasteiger partial charge in [-0.05, 0) is 36.1 Å². The molecular formula is C16H20N4O2. The Labute approximate surface area is 129 Å². The molecule has 3 amide bonds. The standard InChI is InChI=1S/C16H20N4O2/c21-15-7-14-13(19-15)2-1-5-20(14)16(22)18-12-4-3-10-8-17-9-11(10)6-12/h3-4,6,13-14,17H,1-2,5,7-9H2,(H,18,22)(H,19,21)/t13-,14-/m0/s1. The maximum atomic E-state index is 12.6. The first-order valence-electron chi connectivity index (χ1n) is 7.90. The Balaban J connectivity index is 1.48. The molecule has 0 unspecified atom stereocenters. The first-order chi connectivity index (χ1) is 10.7. The summed E-state index contributed by atoms with van der Waals surface area (Å²) >= 11 is 0. The summed E-state index contributed by atoms with van der Waals surface area (Å²) in [5, 5.41) is 9.26. The Morgan fingerprint density at radius 3 is 3.05 bits per heavy atom. The van der Waals surface area contributed by atoms with Gasteiger partial charge in [-0.25, -0.2) is 4.79 Å². The fourth-order valence-corrected chi connectivity index (χ4v) is 3.75. The van der Waals surface area contributed by atoms with Gasteiger partial charge < -0.3 is 20.9 Å². The van der Waals surface area contributed by atoms with Crippen molar-refractivity contribution in [2.75, 3.05) is 11.9 Å². The van der Waals surface area contributed by atoms with Crippen molar-refractivity contribution in [3.63, 3.8) is 0 Å². The number of piperidine rings is 1. The highest BCUT2D eigenvalue weighted by molar-refractivity contribution is 5.91. The average Bonchev–Trinajstić information content (AvgIpc) is 3.10. The molecule has 3 aliphatic rings. The van der Waals surface area contributed by atoms with E-state index < -0.39 is 0 Å². The minimum atomic E-state index is -0.0999. The number of likely N-dealkylation sites (tertiary alicyclic amines) is 1. The second-order valence-electron chi connectivity index (χ2n) is 6.30. The SMILES string of the molecule is O=C1C[C@H]2[C@H](CCCN2C(=O)Nc2ccc3c(c2)CNC3)N1. The number of carbonyl (C=O) groups excluding carboxylic acids is 2. The zero-order valence-electron chi connectivity index (χ0n) is 12.4. The van der Waals surface area contributed by atoms with Gasteiger partial charge in [0.15, 0.2) is 0 Å². The van der Waals surface area contributed by atoms with E-state index in [-0.39, 0.29) is 24.0 Å². The highest BCUT2D eigenvalue weighted by Gasteiger charge is 2.41. The smallest absolute Gasteiger partial charge is 0.322 e. The second-order valence-corrected chi connectivity index (χ2v) is 6.30. The topological polar surface area (TPSA) is 73.5 Å². The number of fused-ring (bicyclic) bond motifs is 2. The molecule has 0 aliphatic carbocycles. The molecular weight excluding hydrogens is 280 g/mol. The van der Waals surface area contributed by atoms with E-state index in [0.717, 1.165) is 31.6 Å². The van der Waals surface area contributed by atoms with Gasteiger partial charge >= 0.3 is 6.03 Å². The fourth-order valence-electron chi connectivity index (χ4n) is 3.75. The Morgan fingerprint density at radius 2 is 2.14 bits per heavy atom. The van der Waals surface area contributed by atoms with Crippen LogP contribution in [-0.4, -0.2) is 35.5 Å². The largest absolute Gasteiger partial charge is 0.351 e. The van der Waals surface area contributed by atoms with Crippen LogP contribution in [0, 0.1) is 0 Å². The van der Waals surface area contributed by atoms with E-state index in [2.05, 4.69) is 22.0 Å². The predicted molar refractivity (Wildman–Crippen MR) is 82.3 cm³/mol. The van der Waals surface area contributed by atoms with E-state index in [4.69, 9.17) is 0 Å².